The lowest BCUT2D eigenvalue weighted by Gasteiger charge is -2.10. The van der Waals surface area contributed by atoms with Gasteiger partial charge < -0.3 is 15.4 Å². The van der Waals surface area contributed by atoms with Gasteiger partial charge in [-0.3, -0.25) is 19.7 Å². The second-order valence-electron chi connectivity index (χ2n) is 5.60. The van der Waals surface area contributed by atoms with Crippen LogP contribution in [0.15, 0.2) is 42.5 Å². The topological polar surface area (TPSA) is 111 Å². The Bertz CT molecular complexity index is 839. The number of amides is 2. The van der Waals surface area contributed by atoms with Crippen LogP contribution in [0.4, 0.5) is 17.1 Å². The average molecular weight is 389 g/mol. The molecule has 0 spiro atoms. The van der Waals surface area contributed by atoms with Crippen LogP contribution in [0.2, 0.25) is 0 Å². The molecular formula is C18H19N3O5S. The normalized spacial score (nSPS) is 10.1. The number of nitrogens with zero attached hydrogens (tertiary/aromatic N) is 1. The number of nitro groups is 1. The summed E-state index contributed by atoms with van der Waals surface area (Å²) < 4.78 is 5.09. The van der Waals surface area contributed by atoms with Gasteiger partial charge in [-0.05, 0) is 25.1 Å². The molecule has 2 aromatic rings. The third-order valence-corrected chi connectivity index (χ3v) is 4.40. The van der Waals surface area contributed by atoms with Crippen molar-refractivity contribution in [3.63, 3.8) is 0 Å². The van der Waals surface area contributed by atoms with E-state index in [4.69, 9.17) is 4.74 Å². The van der Waals surface area contributed by atoms with Crippen LogP contribution in [0.1, 0.15) is 5.56 Å². The maximum absolute atomic E-state index is 12.0. The molecule has 0 fully saturated rings. The Hall–Kier alpha value is -3.07. The van der Waals surface area contributed by atoms with Crippen LogP contribution in [-0.4, -0.2) is 35.4 Å². The highest BCUT2D eigenvalue weighted by atomic mass is 32.2. The summed E-state index contributed by atoms with van der Waals surface area (Å²) >= 11 is 1.14. The summed E-state index contributed by atoms with van der Waals surface area (Å²) in [7, 11) is 1.40. The van der Waals surface area contributed by atoms with E-state index in [2.05, 4.69) is 10.6 Å². The fourth-order valence-electron chi connectivity index (χ4n) is 2.16. The van der Waals surface area contributed by atoms with Crippen molar-refractivity contribution in [3.8, 4) is 5.75 Å². The minimum atomic E-state index is -0.556. The molecule has 0 heterocycles. The minimum Gasteiger partial charge on any atom is -0.495 e. The molecule has 0 saturated carbocycles. The van der Waals surface area contributed by atoms with Gasteiger partial charge in [-0.15, -0.1) is 11.8 Å². The van der Waals surface area contributed by atoms with Crippen molar-refractivity contribution in [2.75, 3.05) is 29.2 Å². The van der Waals surface area contributed by atoms with Crippen LogP contribution < -0.4 is 15.4 Å². The van der Waals surface area contributed by atoms with E-state index in [1.54, 1.807) is 12.1 Å². The molecule has 2 amide bonds. The van der Waals surface area contributed by atoms with Crippen molar-refractivity contribution in [2.45, 2.75) is 6.92 Å². The van der Waals surface area contributed by atoms with Gasteiger partial charge in [-0.25, -0.2) is 0 Å². The number of anilines is 2. The molecule has 0 aromatic heterocycles. The lowest BCUT2D eigenvalue weighted by molar-refractivity contribution is -0.384. The van der Waals surface area contributed by atoms with E-state index in [1.165, 1.54) is 25.3 Å². The van der Waals surface area contributed by atoms with Crippen molar-refractivity contribution in [3.05, 3.63) is 58.1 Å². The Balaban J connectivity index is 1.84. The number of benzene rings is 2. The number of carbonyl (C=O) groups is 2. The van der Waals surface area contributed by atoms with Gasteiger partial charge >= 0.3 is 0 Å². The molecule has 0 aliphatic rings. The van der Waals surface area contributed by atoms with Crippen molar-refractivity contribution < 1.29 is 19.2 Å². The van der Waals surface area contributed by atoms with Gasteiger partial charge in [-0.1, -0.05) is 17.7 Å². The molecule has 2 aromatic carbocycles. The monoisotopic (exact) mass is 389 g/mol. The zero-order chi connectivity index (χ0) is 19.8. The quantitative estimate of drug-likeness (QED) is 0.530. The average Bonchev–Trinajstić information content (AvgIpc) is 2.63. The highest BCUT2D eigenvalue weighted by Crippen LogP contribution is 2.28. The van der Waals surface area contributed by atoms with Crippen molar-refractivity contribution >= 4 is 40.6 Å². The number of nitrogens with one attached hydrogen (secondary N) is 2. The summed E-state index contributed by atoms with van der Waals surface area (Å²) in [5.74, 6) is -0.164. The van der Waals surface area contributed by atoms with Gasteiger partial charge in [0.25, 0.3) is 5.69 Å². The van der Waals surface area contributed by atoms with Crippen LogP contribution >= 0.6 is 11.8 Å². The smallest absolute Gasteiger partial charge is 0.271 e. The molecule has 0 aliphatic heterocycles. The number of carbonyl (C=O) groups excluding carboxylic acids is 2. The van der Waals surface area contributed by atoms with E-state index in [1.807, 2.05) is 19.1 Å². The number of hydrogen-bond acceptors (Lipinski definition) is 6. The number of nitro benzene ring substituents is 1. The van der Waals surface area contributed by atoms with Gasteiger partial charge in [-0.2, -0.15) is 0 Å². The molecule has 0 radical (unpaired) electrons. The van der Waals surface area contributed by atoms with Crippen molar-refractivity contribution in [1.82, 2.24) is 0 Å². The first-order valence-corrected chi connectivity index (χ1v) is 9.11. The van der Waals surface area contributed by atoms with Gasteiger partial charge in [0.1, 0.15) is 5.75 Å². The van der Waals surface area contributed by atoms with Crippen LogP contribution in [0, 0.1) is 17.0 Å². The van der Waals surface area contributed by atoms with E-state index in [-0.39, 0.29) is 34.7 Å². The number of thioether (sulfide) groups is 1. The third kappa shape index (κ3) is 6.30. The van der Waals surface area contributed by atoms with E-state index < -0.39 is 4.92 Å². The fraction of sp³-hybridized carbons (Fsp3) is 0.222. The Morgan fingerprint density at radius 1 is 1.07 bits per heavy atom. The van der Waals surface area contributed by atoms with Gasteiger partial charge in [0.2, 0.25) is 11.8 Å². The van der Waals surface area contributed by atoms with Crippen LogP contribution in [0.25, 0.3) is 0 Å². The first-order valence-electron chi connectivity index (χ1n) is 7.95. The van der Waals surface area contributed by atoms with Gasteiger partial charge in [0.05, 0.1) is 29.2 Å². The number of non-ortho nitro benzene ring substituents is 1. The Morgan fingerprint density at radius 3 is 2.30 bits per heavy atom. The van der Waals surface area contributed by atoms with E-state index in [0.717, 1.165) is 17.3 Å². The molecule has 0 saturated heterocycles. The molecule has 2 rings (SSSR count). The summed E-state index contributed by atoms with van der Waals surface area (Å²) in [6, 6.07) is 11.3. The summed E-state index contributed by atoms with van der Waals surface area (Å²) in [5.41, 5.74) is 1.84. The molecule has 0 unspecified atom stereocenters. The summed E-state index contributed by atoms with van der Waals surface area (Å²) in [5, 5.41) is 16.2. The molecule has 142 valence electrons. The molecular weight excluding hydrogens is 370 g/mol. The molecule has 0 aliphatic carbocycles. The largest absolute Gasteiger partial charge is 0.495 e. The first kappa shape index (κ1) is 20.2. The van der Waals surface area contributed by atoms with Crippen LogP contribution in [0.5, 0.6) is 5.75 Å². The molecule has 27 heavy (non-hydrogen) atoms. The summed E-state index contributed by atoms with van der Waals surface area (Å²) in [6.45, 7) is 1.95. The maximum Gasteiger partial charge on any atom is 0.271 e. The zero-order valence-electron chi connectivity index (χ0n) is 14.9. The van der Waals surface area contributed by atoms with E-state index in [9.17, 15) is 19.7 Å². The Kier molecular flexibility index (Phi) is 7.18. The summed E-state index contributed by atoms with van der Waals surface area (Å²) in [6.07, 6.45) is 0. The maximum atomic E-state index is 12.0. The van der Waals surface area contributed by atoms with E-state index in [0.29, 0.717) is 11.4 Å². The predicted molar refractivity (Wildman–Crippen MR) is 105 cm³/mol. The zero-order valence-corrected chi connectivity index (χ0v) is 15.7. The first-order chi connectivity index (χ1) is 12.9. The second-order valence-corrected chi connectivity index (χ2v) is 6.58. The number of methoxy groups -OCH3 is 1. The Labute approximate surface area is 160 Å². The molecule has 0 atom stereocenters. The number of ether oxygens (including phenoxy) is 1. The predicted octanol–water partition coefficient (Wildman–Crippen LogP) is 3.22. The molecule has 2 N–H and O–H groups in total. The lowest BCUT2D eigenvalue weighted by Crippen LogP contribution is -2.18. The standard InChI is InChI=1S/C18H19N3O5S/c1-12-3-5-13(6-4-12)19-17(22)10-27-11-18(23)20-15-9-14(21(24)25)7-8-16(15)26-2/h3-9H,10-11H2,1-2H3,(H,19,22)(H,20,23). The van der Waals surface area contributed by atoms with Gasteiger partial charge in [0.15, 0.2) is 0 Å². The highest BCUT2D eigenvalue weighted by Gasteiger charge is 2.14. The highest BCUT2D eigenvalue weighted by molar-refractivity contribution is 8.00. The lowest BCUT2D eigenvalue weighted by atomic mass is 10.2. The van der Waals surface area contributed by atoms with Gasteiger partial charge in [0, 0.05) is 17.8 Å². The fourth-order valence-corrected chi connectivity index (χ4v) is 2.78. The molecule has 0 bridgehead atoms. The SMILES string of the molecule is COc1ccc([N+](=O)[O-])cc1NC(=O)CSCC(=O)Nc1ccc(C)cc1. The van der Waals surface area contributed by atoms with E-state index >= 15 is 0 Å². The van der Waals surface area contributed by atoms with Crippen LogP contribution in [0.3, 0.4) is 0 Å². The van der Waals surface area contributed by atoms with Crippen molar-refractivity contribution in [2.24, 2.45) is 0 Å². The number of hydrogen-bond donors (Lipinski definition) is 2. The minimum absolute atomic E-state index is 0.0210. The van der Waals surface area contributed by atoms with Crippen LogP contribution in [-0.2, 0) is 9.59 Å². The molecule has 8 nitrogen and oxygen atoms in total. The Morgan fingerprint density at radius 2 is 1.70 bits per heavy atom. The third-order valence-electron chi connectivity index (χ3n) is 3.47. The molecule has 9 heteroatoms. The van der Waals surface area contributed by atoms with Crippen molar-refractivity contribution in [1.29, 1.82) is 0 Å². The number of rotatable bonds is 8. The number of aryl methyl sites for hydroxylation is 1. The second kappa shape index (κ2) is 9.58. The summed E-state index contributed by atoms with van der Waals surface area (Å²) in [4.78, 5) is 34.3.